The summed E-state index contributed by atoms with van der Waals surface area (Å²) in [6.45, 7) is 8.93. The molecule has 0 aliphatic rings. The van der Waals surface area contributed by atoms with Crippen molar-refractivity contribution in [2.75, 3.05) is 119 Å². The van der Waals surface area contributed by atoms with Crippen LogP contribution in [0.15, 0.2) is 18.7 Å². The molecule has 0 aromatic carbocycles. The molecule has 13 heteroatoms. The van der Waals surface area contributed by atoms with Crippen molar-refractivity contribution in [1.82, 2.24) is 15.3 Å². The van der Waals surface area contributed by atoms with E-state index in [0.717, 1.165) is 0 Å². The van der Waals surface area contributed by atoms with Gasteiger partial charge in [0.2, 0.25) is 5.91 Å². The fraction of sp³-hybridized carbons (Fsp3) is 0.750. The fourth-order valence-corrected chi connectivity index (χ4v) is 2.91. The van der Waals surface area contributed by atoms with Gasteiger partial charge in [0.1, 0.15) is 7.67 Å². The first-order valence-electron chi connectivity index (χ1n) is 14.6. The minimum absolute atomic E-state index is 0.0312. The van der Waals surface area contributed by atoms with Crippen molar-refractivity contribution in [3.8, 4) is 11.8 Å². The van der Waals surface area contributed by atoms with Gasteiger partial charge in [-0.15, -0.1) is 0 Å². The molecule has 0 fully saturated rings. The van der Waals surface area contributed by atoms with Crippen LogP contribution in [0.5, 0.6) is 0 Å². The summed E-state index contributed by atoms with van der Waals surface area (Å²) < 4.78 is 50.4. The molecule has 13 nitrogen and oxygen atoms in total. The molecule has 3 N–H and O–H groups in total. The van der Waals surface area contributed by atoms with Crippen LogP contribution in [-0.4, -0.2) is 135 Å². The summed E-state index contributed by atoms with van der Waals surface area (Å²) in [4.78, 5) is 19.4. The van der Waals surface area contributed by atoms with Gasteiger partial charge in [0, 0.05) is 38.3 Å². The largest absolute Gasteiger partial charge is 0.378 e. The number of rotatable bonds is 29. The molecule has 0 unspecified atom stereocenters. The monoisotopic (exact) mass is 586 g/mol. The van der Waals surface area contributed by atoms with Crippen molar-refractivity contribution in [1.29, 1.82) is 0 Å². The van der Waals surface area contributed by atoms with Crippen molar-refractivity contribution in [2.24, 2.45) is 5.73 Å². The second-order valence-corrected chi connectivity index (χ2v) is 8.26. The molecule has 1 heterocycles. The Kier molecular flexibility index (Phi) is 26.2. The molecule has 0 aliphatic carbocycles. The SMILES string of the molecule is [3H]c1ncc(C#CCCCC(=O)NCCOCCOCCOCCOCCOCCOCCOCCOCCN)cn1. The Hall–Kier alpha value is -2.25. The van der Waals surface area contributed by atoms with Gasteiger partial charge in [-0.25, -0.2) is 9.97 Å². The molecule has 41 heavy (non-hydrogen) atoms. The molecular formula is C28H48N4O9. The van der Waals surface area contributed by atoms with Gasteiger partial charge < -0.3 is 48.9 Å². The molecule has 0 radical (unpaired) electrons. The molecule has 0 saturated heterocycles. The lowest BCUT2D eigenvalue weighted by Gasteiger charge is -2.09. The number of aromatic nitrogens is 2. The first kappa shape index (κ1) is 34.9. The number of nitrogens with two attached hydrogens (primary N) is 1. The van der Waals surface area contributed by atoms with Gasteiger partial charge >= 0.3 is 0 Å². The Bertz CT molecular complexity index is 813. The molecule has 0 spiro atoms. The van der Waals surface area contributed by atoms with Gasteiger partial charge in [-0.1, -0.05) is 11.8 Å². The van der Waals surface area contributed by atoms with Gasteiger partial charge in [-0.3, -0.25) is 4.79 Å². The van der Waals surface area contributed by atoms with Crippen molar-refractivity contribution in [2.45, 2.75) is 19.3 Å². The molecule has 0 saturated carbocycles. The van der Waals surface area contributed by atoms with E-state index in [1.165, 1.54) is 12.4 Å². The van der Waals surface area contributed by atoms with Crippen LogP contribution in [0.3, 0.4) is 0 Å². The minimum atomic E-state index is -0.0332. The Morgan fingerprint density at radius 1 is 0.707 bits per heavy atom. The maximum Gasteiger partial charge on any atom is 0.220 e. The van der Waals surface area contributed by atoms with E-state index >= 15 is 0 Å². The van der Waals surface area contributed by atoms with Crippen LogP contribution in [0.25, 0.3) is 0 Å². The molecule has 1 aromatic heterocycles. The molecule has 1 aromatic rings. The van der Waals surface area contributed by atoms with E-state index in [9.17, 15) is 4.79 Å². The normalized spacial score (nSPS) is 11.2. The van der Waals surface area contributed by atoms with E-state index in [1.807, 2.05) is 0 Å². The summed E-state index contributed by atoms with van der Waals surface area (Å²) in [7, 11) is 0. The topological polar surface area (TPSA) is 155 Å². The molecular weight excluding hydrogens is 536 g/mol. The third kappa shape index (κ3) is 27.7. The summed E-state index contributed by atoms with van der Waals surface area (Å²) in [5.74, 6) is 5.85. The first-order valence-corrected chi connectivity index (χ1v) is 14.1. The number of carbonyl (C=O) groups excluding carboxylic acids is 1. The number of hydrogen-bond donors (Lipinski definition) is 2. The number of amides is 1. The molecule has 1 amide bonds. The van der Waals surface area contributed by atoms with Crippen LogP contribution in [0.1, 0.15) is 26.2 Å². The number of nitrogens with zero attached hydrogens (tertiary/aromatic N) is 2. The number of ether oxygens (including phenoxy) is 8. The van der Waals surface area contributed by atoms with Gasteiger partial charge in [-0.2, -0.15) is 0 Å². The van der Waals surface area contributed by atoms with Crippen LogP contribution < -0.4 is 11.1 Å². The minimum Gasteiger partial charge on any atom is -0.378 e. The van der Waals surface area contributed by atoms with Crippen LogP contribution in [0.2, 0.25) is 0 Å². The maximum absolute atomic E-state index is 11.8. The summed E-state index contributed by atoms with van der Waals surface area (Å²) in [5.41, 5.74) is 5.98. The van der Waals surface area contributed by atoms with Gasteiger partial charge in [0.05, 0.1) is 111 Å². The van der Waals surface area contributed by atoms with Gasteiger partial charge in [0.25, 0.3) is 0 Å². The van der Waals surface area contributed by atoms with E-state index < -0.39 is 0 Å². The van der Waals surface area contributed by atoms with E-state index in [1.54, 1.807) is 0 Å². The Morgan fingerprint density at radius 3 is 1.56 bits per heavy atom. The van der Waals surface area contributed by atoms with Crippen molar-refractivity contribution in [3.05, 3.63) is 24.3 Å². The predicted molar refractivity (Wildman–Crippen MR) is 151 cm³/mol. The summed E-state index contributed by atoms with van der Waals surface area (Å²) >= 11 is 0. The van der Waals surface area contributed by atoms with Crippen molar-refractivity contribution < 1.29 is 44.1 Å². The fourth-order valence-electron chi connectivity index (χ4n) is 2.91. The zero-order valence-electron chi connectivity index (χ0n) is 25.1. The Balaban J connectivity index is 1.70. The van der Waals surface area contributed by atoms with Crippen LogP contribution >= 0.6 is 0 Å². The smallest absolute Gasteiger partial charge is 0.220 e. The third-order valence-corrected chi connectivity index (χ3v) is 4.90. The van der Waals surface area contributed by atoms with Crippen molar-refractivity contribution in [3.63, 3.8) is 0 Å². The highest BCUT2D eigenvalue weighted by atomic mass is 16.6. The average molecular weight is 587 g/mol. The summed E-state index contributed by atoms with van der Waals surface area (Å²) in [5, 5.41) is 2.82. The van der Waals surface area contributed by atoms with Gasteiger partial charge in [0.15, 0.2) is 0 Å². The molecule has 234 valence electrons. The molecule has 0 atom stereocenters. The molecule has 0 bridgehead atoms. The first-order chi connectivity index (χ1) is 20.7. The number of unbranched alkanes of at least 4 members (excludes halogenated alkanes) is 1. The van der Waals surface area contributed by atoms with E-state index in [2.05, 4.69) is 27.1 Å². The summed E-state index contributed by atoms with van der Waals surface area (Å²) in [6.07, 6.45) is 4.64. The highest BCUT2D eigenvalue weighted by Gasteiger charge is 2.00. The lowest BCUT2D eigenvalue weighted by molar-refractivity contribution is -0.121. The number of carbonyl (C=O) groups is 1. The molecule has 0 aliphatic heterocycles. The Morgan fingerprint density at radius 2 is 1.12 bits per heavy atom. The van der Waals surface area contributed by atoms with Crippen LogP contribution in [-0.2, 0) is 42.7 Å². The lowest BCUT2D eigenvalue weighted by Crippen LogP contribution is -2.27. The second-order valence-electron chi connectivity index (χ2n) is 8.26. The quantitative estimate of drug-likeness (QED) is 0.0974. The van der Waals surface area contributed by atoms with E-state index in [0.29, 0.717) is 144 Å². The highest BCUT2D eigenvalue weighted by Crippen LogP contribution is 1.95. The van der Waals surface area contributed by atoms with Crippen molar-refractivity contribution >= 4 is 5.91 Å². The van der Waals surface area contributed by atoms with Gasteiger partial charge in [-0.05, 0) is 6.42 Å². The standard InChI is InChI=1S/C28H48N4O9/c29-6-8-34-10-12-36-14-16-38-18-20-40-22-23-41-21-19-39-17-15-37-13-11-35-9-7-32-28(33)5-3-1-2-4-27-24-30-26-31-25-27/h24-26H,1,3,5-23,29H2,(H,32,33)/i26T. The summed E-state index contributed by atoms with van der Waals surface area (Å²) in [6, 6.07) is 0. The van der Waals surface area contributed by atoms with E-state index in [4.69, 9.17) is 45.0 Å². The number of hydrogen-bond acceptors (Lipinski definition) is 12. The molecule has 1 rings (SSSR count). The highest BCUT2D eigenvalue weighted by molar-refractivity contribution is 5.75. The Labute approximate surface area is 245 Å². The van der Waals surface area contributed by atoms with E-state index in [-0.39, 0.29) is 12.2 Å². The lowest BCUT2D eigenvalue weighted by atomic mass is 10.2. The van der Waals surface area contributed by atoms with Crippen LogP contribution in [0.4, 0.5) is 0 Å². The predicted octanol–water partition coefficient (Wildman–Crippen LogP) is 0.206. The van der Waals surface area contributed by atoms with Crippen LogP contribution in [0, 0.1) is 11.8 Å². The second kappa shape index (κ2) is 30.7. The number of nitrogens with one attached hydrogen (secondary N) is 1. The maximum atomic E-state index is 11.8. The zero-order chi connectivity index (χ0) is 30.2. The zero-order valence-corrected chi connectivity index (χ0v) is 24.1. The average Bonchev–Trinajstić information content (AvgIpc) is 2.99. The third-order valence-electron chi connectivity index (χ3n) is 4.90.